The molecule has 0 aliphatic rings. The Labute approximate surface area is 107 Å². The van der Waals surface area contributed by atoms with Crippen molar-refractivity contribution in [3.63, 3.8) is 0 Å². The summed E-state index contributed by atoms with van der Waals surface area (Å²) >= 11 is 0. The molecule has 18 heavy (non-hydrogen) atoms. The summed E-state index contributed by atoms with van der Waals surface area (Å²) in [7, 11) is 1.64. The van der Waals surface area contributed by atoms with Crippen LogP contribution < -0.4 is 15.2 Å². The van der Waals surface area contributed by atoms with Crippen molar-refractivity contribution in [2.24, 2.45) is 5.73 Å². The lowest BCUT2D eigenvalue weighted by atomic mass is 10.1. The fourth-order valence-corrected chi connectivity index (χ4v) is 1.74. The number of nitrogens with two attached hydrogens (primary N) is 1. The molecule has 0 unspecified atom stereocenters. The molecule has 0 saturated carbocycles. The van der Waals surface area contributed by atoms with E-state index in [9.17, 15) is 0 Å². The van der Waals surface area contributed by atoms with Gasteiger partial charge in [-0.05, 0) is 37.3 Å². The van der Waals surface area contributed by atoms with Gasteiger partial charge in [0.05, 0.1) is 7.11 Å². The highest BCUT2D eigenvalue weighted by Crippen LogP contribution is 2.27. The Morgan fingerprint density at radius 2 is 1.67 bits per heavy atom. The van der Waals surface area contributed by atoms with Gasteiger partial charge >= 0.3 is 0 Å². The highest BCUT2D eigenvalue weighted by molar-refractivity contribution is 5.41. The number of rotatable bonds is 4. The van der Waals surface area contributed by atoms with Crippen LogP contribution in [0.4, 0.5) is 0 Å². The predicted molar refractivity (Wildman–Crippen MR) is 72.1 cm³/mol. The largest absolute Gasteiger partial charge is 0.497 e. The van der Waals surface area contributed by atoms with Crippen LogP contribution in [0.5, 0.6) is 17.2 Å². The van der Waals surface area contributed by atoms with Gasteiger partial charge in [-0.1, -0.05) is 17.7 Å². The molecule has 2 aromatic carbocycles. The minimum absolute atomic E-state index is 0.465. The summed E-state index contributed by atoms with van der Waals surface area (Å²) in [6.07, 6.45) is 0. The maximum absolute atomic E-state index is 5.82. The molecule has 0 bridgehead atoms. The molecule has 0 saturated heterocycles. The second kappa shape index (κ2) is 5.56. The fourth-order valence-electron chi connectivity index (χ4n) is 1.74. The molecule has 2 aromatic rings. The van der Waals surface area contributed by atoms with Crippen LogP contribution in [-0.2, 0) is 6.54 Å². The van der Waals surface area contributed by atoms with Gasteiger partial charge in [-0.3, -0.25) is 0 Å². The van der Waals surface area contributed by atoms with Crippen molar-refractivity contribution in [3.8, 4) is 17.2 Å². The fraction of sp³-hybridized carbons (Fsp3) is 0.200. The van der Waals surface area contributed by atoms with Crippen LogP contribution >= 0.6 is 0 Å². The summed E-state index contributed by atoms with van der Waals surface area (Å²) < 4.78 is 10.9. The minimum Gasteiger partial charge on any atom is -0.497 e. The van der Waals surface area contributed by atoms with Crippen LogP contribution in [0, 0.1) is 6.92 Å². The lowest BCUT2D eigenvalue weighted by Gasteiger charge is -2.11. The van der Waals surface area contributed by atoms with E-state index in [0.29, 0.717) is 6.54 Å². The monoisotopic (exact) mass is 243 g/mol. The van der Waals surface area contributed by atoms with E-state index in [1.54, 1.807) is 7.11 Å². The van der Waals surface area contributed by atoms with E-state index in [4.69, 9.17) is 15.2 Å². The van der Waals surface area contributed by atoms with E-state index in [2.05, 4.69) is 0 Å². The Morgan fingerprint density at radius 3 is 2.28 bits per heavy atom. The minimum atomic E-state index is 0.465. The third kappa shape index (κ3) is 2.81. The highest BCUT2D eigenvalue weighted by atomic mass is 16.5. The molecule has 0 fully saturated rings. The summed E-state index contributed by atoms with van der Waals surface area (Å²) in [6.45, 7) is 2.50. The van der Waals surface area contributed by atoms with E-state index in [1.165, 1.54) is 5.56 Å². The van der Waals surface area contributed by atoms with E-state index in [1.807, 2.05) is 49.4 Å². The van der Waals surface area contributed by atoms with Crippen LogP contribution in [0.25, 0.3) is 0 Å². The predicted octanol–water partition coefficient (Wildman–Crippen LogP) is 3.25. The normalized spacial score (nSPS) is 10.2. The third-order valence-electron chi connectivity index (χ3n) is 2.72. The molecule has 0 heterocycles. The molecular weight excluding hydrogens is 226 g/mol. The summed E-state index contributed by atoms with van der Waals surface area (Å²) in [4.78, 5) is 0. The Balaban J connectivity index is 2.22. The van der Waals surface area contributed by atoms with Crippen LogP contribution in [0.3, 0.4) is 0 Å². The van der Waals surface area contributed by atoms with Gasteiger partial charge in [0, 0.05) is 12.1 Å². The van der Waals surface area contributed by atoms with Crippen molar-refractivity contribution < 1.29 is 9.47 Å². The number of aryl methyl sites for hydroxylation is 1. The maximum atomic E-state index is 5.82. The molecule has 3 heteroatoms. The standard InChI is InChI=1S/C15H17NO2/c1-11-3-8-15(12(9-11)10-16)18-14-6-4-13(17-2)5-7-14/h3-9H,10,16H2,1-2H3. The quantitative estimate of drug-likeness (QED) is 0.896. The Hall–Kier alpha value is -2.00. The molecule has 0 atom stereocenters. The number of ether oxygens (including phenoxy) is 2. The molecule has 0 aromatic heterocycles. The van der Waals surface area contributed by atoms with Crippen molar-refractivity contribution >= 4 is 0 Å². The number of hydrogen-bond donors (Lipinski definition) is 1. The van der Waals surface area contributed by atoms with Crippen molar-refractivity contribution in [2.45, 2.75) is 13.5 Å². The van der Waals surface area contributed by atoms with Crippen LogP contribution in [-0.4, -0.2) is 7.11 Å². The highest BCUT2D eigenvalue weighted by Gasteiger charge is 2.04. The average Bonchev–Trinajstić information content (AvgIpc) is 2.41. The van der Waals surface area contributed by atoms with E-state index in [-0.39, 0.29) is 0 Å². The molecule has 2 N–H and O–H groups in total. The van der Waals surface area contributed by atoms with Crippen molar-refractivity contribution in [1.29, 1.82) is 0 Å². The molecule has 2 rings (SSSR count). The zero-order valence-electron chi connectivity index (χ0n) is 10.6. The Morgan fingerprint density at radius 1 is 1.00 bits per heavy atom. The second-order valence-electron chi connectivity index (χ2n) is 4.09. The summed E-state index contributed by atoms with van der Waals surface area (Å²) in [5, 5.41) is 0. The van der Waals surface area contributed by atoms with Crippen LogP contribution in [0.15, 0.2) is 42.5 Å². The molecular formula is C15H17NO2. The first-order chi connectivity index (χ1) is 8.72. The van der Waals surface area contributed by atoms with Gasteiger partial charge in [-0.25, -0.2) is 0 Å². The zero-order valence-corrected chi connectivity index (χ0v) is 10.6. The maximum Gasteiger partial charge on any atom is 0.131 e. The molecule has 0 radical (unpaired) electrons. The molecule has 0 aliphatic carbocycles. The third-order valence-corrected chi connectivity index (χ3v) is 2.72. The van der Waals surface area contributed by atoms with Crippen molar-refractivity contribution in [1.82, 2.24) is 0 Å². The van der Waals surface area contributed by atoms with Crippen LogP contribution in [0.2, 0.25) is 0 Å². The summed E-state index contributed by atoms with van der Waals surface area (Å²) in [5.74, 6) is 2.38. The zero-order chi connectivity index (χ0) is 13.0. The van der Waals surface area contributed by atoms with Crippen molar-refractivity contribution in [2.75, 3.05) is 7.11 Å². The van der Waals surface area contributed by atoms with Gasteiger partial charge in [-0.15, -0.1) is 0 Å². The van der Waals surface area contributed by atoms with Crippen molar-refractivity contribution in [3.05, 3.63) is 53.6 Å². The number of methoxy groups -OCH3 is 1. The first-order valence-electron chi connectivity index (χ1n) is 5.84. The molecule has 94 valence electrons. The Bertz CT molecular complexity index is 521. The summed E-state index contributed by atoms with van der Waals surface area (Å²) in [5.41, 5.74) is 7.90. The lowest BCUT2D eigenvalue weighted by molar-refractivity contribution is 0.412. The van der Waals surface area contributed by atoms with E-state index >= 15 is 0 Å². The SMILES string of the molecule is COc1ccc(Oc2ccc(C)cc2CN)cc1. The lowest BCUT2D eigenvalue weighted by Crippen LogP contribution is -1.99. The Kier molecular flexibility index (Phi) is 3.85. The molecule has 0 spiro atoms. The van der Waals surface area contributed by atoms with E-state index in [0.717, 1.165) is 22.8 Å². The summed E-state index contributed by atoms with van der Waals surface area (Å²) in [6, 6.07) is 13.5. The molecule has 0 amide bonds. The molecule has 0 aliphatic heterocycles. The van der Waals surface area contributed by atoms with Gasteiger partial charge < -0.3 is 15.2 Å². The molecule has 3 nitrogen and oxygen atoms in total. The van der Waals surface area contributed by atoms with Crippen LogP contribution in [0.1, 0.15) is 11.1 Å². The van der Waals surface area contributed by atoms with Gasteiger partial charge in [0.25, 0.3) is 0 Å². The number of hydrogen-bond acceptors (Lipinski definition) is 3. The van der Waals surface area contributed by atoms with Gasteiger partial charge in [-0.2, -0.15) is 0 Å². The average molecular weight is 243 g/mol. The second-order valence-corrected chi connectivity index (χ2v) is 4.09. The topological polar surface area (TPSA) is 44.5 Å². The smallest absolute Gasteiger partial charge is 0.131 e. The number of benzene rings is 2. The van der Waals surface area contributed by atoms with E-state index < -0.39 is 0 Å². The first-order valence-corrected chi connectivity index (χ1v) is 5.84. The first kappa shape index (κ1) is 12.5. The van der Waals surface area contributed by atoms with Gasteiger partial charge in [0.15, 0.2) is 0 Å². The van der Waals surface area contributed by atoms with Gasteiger partial charge in [0.1, 0.15) is 17.2 Å². The van der Waals surface area contributed by atoms with Gasteiger partial charge in [0.2, 0.25) is 0 Å².